The Morgan fingerprint density at radius 1 is 1.18 bits per heavy atom. The van der Waals surface area contributed by atoms with Crippen molar-refractivity contribution >= 4 is 0 Å². The van der Waals surface area contributed by atoms with E-state index in [1.807, 2.05) is 49.4 Å². The molecule has 0 aliphatic rings. The maximum absolute atomic E-state index is 9.13. The van der Waals surface area contributed by atoms with Crippen LogP contribution in [0.1, 0.15) is 24.3 Å². The summed E-state index contributed by atoms with van der Waals surface area (Å²) in [5.74, 6) is 0.858. The van der Waals surface area contributed by atoms with Gasteiger partial charge in [-0.3, -0.25) is 5.32 Å². The predicted octanol–water partition coefficient (Wildman–Crippen LogP) is 2.34. The predicted molar refractivity (Wildman–Crippen MR) is 66.7 cm³/mol. The van der Waals surface area contributed by atoms with Gasteiger partial charge in [0.05, 0.1) is 18.9 Å². The first kappa shape index (κ1) is 11.9. The van der Waals surface area contributed by atoms with Gasteiger partial charge >= 0.3 is 0 Å². The summed E-state index contributed by atoms with van der Waals surface area (Å²) in [6, 6.07) is 13.9. The molecule has 0 fully saturated rings. The van der Waals surface area contributed by atoms with Crippen LogP contribution in [0.2, 0.25) is 0 Å². The van der Waals surface area contributed by atoms with E-state index in [9.17, 15) is 0 Å². The number of hydrogen-bond acceptors (Lipinski definition) is 3. The van der Waals surface area contributed by atoms with Gasteiger partial charge in [0.2, 0.25) is 0 Å². The quantitative estimate of drug-likeness (QED) is 0.830. The van der Waals surface area contributed by atoms with Crippen molar-refractivity contribution in [1.29, 1.82) is 0 Å². The van der Waals surface area contributed by atoms with Crippen LogP contribution >= 0.6 is 0 Å². The van der Waals surface area contributed by atoms with Gasteiger partial charge in [0.1, 0.15) is 5.76 Å². The van der Waals surface area contributed by atoms with Crippen molar-refractivity contribution in [2.24, 2.45) is 0 Å². The first-order valence-electron chi connectivity index (χ1n) is 5.76. The van der Waals surface area contributed by atoms with Crippen molar-refractivity contribution < 1.29 is 9.52 Å². The van der Waals surface area contributed by atoms with Crippen molar-refractivity contribution in [3.63, 3.8) is 0 Å². The molecular formula is C14H17NO2. The molecule has 1 aromatic carbocycles. The Hall–Kier alpha value is -1.58. The topological polar surface area (TPSA) is 45.4 Å². The number of nitrogens with one attached hydrogen (secondary N) is 1. The summed E-state index contributed by atoms with van der Waals surface area (Å²) in [6.45, 7) is 2.04. The highest BCUT2D eigenvalue weighted by Gasteiger charge is 2.18. The van der Waals surface area contributed by atoms with E-state index in [0.29, 0.717) is 0 Å². The molecule has 0 aliphatic heterocycles. The van der Waals surface area contributed by atoms with Gasteiger partial charge in [0, 0.05) is 6.04 Å². The summed E-state index contributed by atoms with van der Waals surface area (Å²) >= 11 is 0. The minimum Gasteiger partial charge on any atom is -0.467 e. The lowest BCUT2D eigenvalue weighted by Crippen LogP contribution is -2.33. The SMILES string of the molecule is C[C@H](CO)NC(c1ccccc1)c1ccco1. The monoisotopic (exact) mass is 231 g/mol. The Morgan fingerprint density at radius 2 is 1.94 bits per heavy atom. The summed E-state index contributed by atoms with van der Waals surface area (Å²) in [6.07, 6.45) is 1.66. The van der Waals surface area contributed by atoms with Crippen LogP contribution < -0.4 is 5.32 Å². The number of benzene rings is 1. The van der Waals surface area contributed by atoms with Gasteiger partial charge in [0.25, 0.3) is 0 Å². The molecule has 3 nitrogen and oxygen atoms in total. The normalized spacial score (nSPS) is 14.5. The average molecular weight is 231 g/mol. The molecule has 90 valence electrons. The molecule has 0 bridgehead atoms. The molecule has 0 radical (unpaired) electrons. The Kier molecular flexibility index (Phi) is 3.96. The zero-order valence-corrected chi connectivity index (χ0v) is 9.84. The van der Waals surface area contributed by atoms with Crippen LogP contribution in [-0.4, -0.2) is 17.8 Å². The van der Waals surface area contributed by atoms with E-state index in [0.717, 1.165) is 11.3 Å². The lowest BCUT2D eigenvalue weighted by atomic mass is 10.0. The summed E-state index contributed by atoms with van der Waals surface area (Å²) in [7, 11) is 0. The van der Waals surface area contributed by atoms with Gasteiger partial charge in [-0.15, -0.1) is 0 Å². The van der Waals surface area contributed by atoms with Crippen LogP contribution in [0.4, 0.5) is 0 Å². The summed E-state index contributed by atoms with van der Waals surface area (Å²) < 4.78 is 5.45. The van der Waals surface area contributed by atoms with E-state index in [1.165, 1.54) is 0 Å². The fraction of sp³-hybridized carbons (Fsp3) is 0.286. The highest BCUT2D eigenvalue weighted by atomic mass is 16.3. The Balaban J connectivity index is 2.25. The molecule has 1 aromatic heterocycles. The Labute approximate surface area is 101 Å². The van der Waals surface area contributed by atoms with Gasteiger partial charge < -0.3 is 9.52 Å². The summed E-state index contributed by atoms with van der Waals surface area (Å²) in [5.41, 5.74) is 1.13. The fourth-order valence-electron chi connectivity index (χ4n) is 1.78. The molecule has 1 heterocycles. The zero-order chi connectivity index (χ0) is 12.1. The van der Waals surface area contributed by atoms with E-state index in [2.05, 4.69) is 5.32 Å². The number of rotatable bonds is 5. The molecule has 17 heavy (non-hydrogen) atoms. The lowest BCUT2D eigenvalue weighted by molar-refractivity contribution is 0.241. The molecule has 2 aromatic rings. The molecule has 0 saturated carbocycles. The van der Waals surface area contributed by atoms with Crippen LogP contribution in [-0.2, 0) is 0 Å². The van der Waals surface area contributed by atoms with Crippen molar-refractivity contribution in [2.75, 3.05) is 6.61 Å². The maximum atomic E-state index is 9.13. The van der Waals surface area contributed by atoms with E-state index in [-0.39, 0.29) is 18.7 Å². The zero-order valence-electron chi connectivity index (χ0n) is 9.84. The second-order valence-electron chi connectivity index (χ2n) is 4.11. The third-order valence-corrected chi connectivity index (χ3v) is 2.69. The lowest BCUT2D eigenvalue weighted by Gasteiger charge is -2.20. The highest BCUT2D eigenvalue weighted by molar-refractivity contribution is 5.26. The van der Waals surface area contributed by atoms with E-state index >= 15 is 0 Å². The third-order valence-electron chi connectivity index (χ3n) is 2.69. The van der Waals surface area contributed by atoms with Gasteiger partial charge in [0.15, 0.2) is 0 Å². The number of hydrogen-bond donors (Lipinski definition) is 2. The Morgan fingerprint density at radius 3 is 2.53 bits per heavy atom. The largest absolute Gasteiger partial charge is 0.467 e. The molecule has 1 unspecified atom stereocenters. The second-order valence-corrected chi connectivity index (χ2v) is 4.11. The molecular weight excluding hydrogens is 214 g/mol. The second kappa shape index (κ2) is 5.66. The van der Waals surface area contributed by atoms with Crippen molar-refractivity contribution in [2.45, 2.75) is 19.0 Å². The molecule has 2 atom stereocenters. The van der Waals surface area contributed by atoms with Crippen LogP contribution in [0, 0.1) is 0 Å². The van der Waals surface area contributed by atoms with Gasteiger partial charge in [-0.25, -0.2) is 0 Å². The van der Waals surface area contributed by atoms with E-state index < -0.39 is 0 Å². The van der Waals surface area contributed by atoms with Gasteiger partial charge in [-0.1, -0.05) is 30.3 Å². The summed E-state index contributed by atoms with van der Waals surface area (Å²) in [5, 5.41) is 12.5. The van der Waals surface area contributed by atoms with Crippen LogP contribution in [0.25, 0.3) is 0 Å². The minimum atomic E-state index is -0.0200. The highest BCUT2D eigenvalue weighted by Crippen LogP contribution is 2.22. The van der Waals surface area contributed by atoms with Crippen molar-refractivity contribution in [3.05, 3.63) is 60.1 Å². The average Bonchev–Trinajstić information content (AvgIpc) is 2.90. The minimum absolute atomic E-state index is 0.0188. The number of furan rings is 1. The van der Waals surface area contributed by atoms with Crippen LogP contribution in [0.15, 0.2) is 53.1 Å². The number of aliphatic hydroxyl groups excluding tert-OH is 1. The smallest absolute Gasteiger partial charge is 0.125 e. The Bertz CT molecular complexity index is 425. The number of aliphatic hydroxyl groups is 1. The third kappa shape index (κ3) is 2.96. The molecule has 3 heteroatoms. The molecule has 2 rings (SSSR count). The summed E-state index contributed by atoms with van der Waals surface area (Å²) in [4.78, 5) is 0. The van der Waals surface area contributed by atoms with Gasteiger partial charge in [-0.05, 0) is 24.6 Å². The fourth-order valence-corrected chi connectivity index (χ4v) is 1.78. The van der Waals surface area contributed by atoms with E-state index in [1.54, 1.807) is 6.26 Å². The van der Waals surface area contributed by atoms with Crippen molar-refractivity contribution in [1.82, 2.24) is 5.32 Å². The van der Waals surface area contributed by atoms with Gasteiger partial charge in [-0.2, -0.15) is 0 Å². The van der Waals surface area contributed by atoms with Crippen LogP contribution in [0.5, 0.6) is 0 Å². The first-order chi connectivity index (χ1) is 8.31. The first-order valence-corrected chi connectivity index (χ1v) is 5.76. The van der Waals surface area contributed by atoms with Crippen molar-refractivity contribution in [3.8, 4) is 0 Å². The molecule has 0 aliphatic carbocycles. The van der Waals surface area contributed by atoms with Crippen LogP contribution in [0.3, 0.4) is 0 Å². The molecule has 0 amide bonds. The van der Waals surface area contributed by atoms with E-state index in [4.69, 9.17) is 9.52 Å². The molecule has 0 spiro atoms. The molecule has 0 saturated heterocycles. The molecule has 2 N–H and O–H groups in total. The standard InChI is InChI=1S/C14H17NO2/c1-11(10-16)15-14(13-8-5-9-17-13)12-6-3-2-4-7-12/h2-9,11,14-16H,10H2,1H3/t11-,14?/m1/s1. The maximum Gasteiger partial charge on any atom is 0.125 e.